The van der Waals surface area contributed by atoms with Crippen molar-refractivity contribution in [3.8, 4) is 0 Å². The molecule has 0 saturated heterocycles. The third kappa shape index (κ3) is 8.71. The van der Waals surface area contributed by atoms with E-state index in [4.69, 9.17) is 10.2 Å². The first-order chi connectivity index (χ1) is 8.86. The second-order valence-electron chi connectivity index (χ2n) is 3.32. The van der Waals surface area contributed by atoms with Gasteiger partial charge in [0.15, 0.2) is 0 Å². The lowest BCUT2D eigenvalue weighted by Gasteiger charge is -2.14. The van der Waals surface area contributed by atoms with Gasteiger partial charge in [0.1, 0.15) is 12.6 Å². The fourth-order valence-corrected chi connectivity index (χ4v) is 1.71. The molecule has 0 bridgehead atoms. The number of hydrogen-bond donors (Lipinski definition) is 5. The van der Waals surface area contributed by atoms with E-state index in [1.165, 1.54) is 14.0 Å². The molecule has 0 aliphatic heterocycles. The topological polar surface area (TPSA) is 140 Å². The molecule has 0 aromatic heterocycles. The van der Waals surface area contributed by atoms with Gasteiger partial charge in [-0.1, -0.05) is 0 Å². The summed E-state index contributed by atoms with van der Waals surface area (Å²) in [6.07, 6.45) is 0. The molecule has 5 N–H and O–H groups in total. The van der Waals surface area contributed by atoms with Crippen LogP contribution in [0.5, 0.6) is 0 Å². The second-order valence-corrected chi connectivity index (χ2v) is 4.15. The van der Waals surface area contributed by atoms with Crippen molar-refractivity contribution in [3.05, 3.63) is 0 Å². The zero-order valence-corrected chi connectivity index (χ0v) is 11.3. The average Bonchev–Trinajstić information content (AvgIpc) is 2.30. The minimum absolute atomic E-state index is 0.0582. The van der Waals surface area contributed by atoms with Gasteiger partial charge in [-0.2, -0.15) is 0 Å². The van der Waals surface area contributed by atoms with E-state index in [1.807, 2.05) is 0 Å². The van der Waals surface area contributed by atoms with Crippen LogP contribution in [0.4, 0.5) is 0 Å². The number of nitrogens with one attached hydrogen (secondary N) is 3. The van der Waals surface area contributed by atoms with E-state index in [9.17, 15) is 14.4 Å². The lowest BCUT2D eigenvalue weighted by atomic mass is 10.3. The third-order valence-electron chi connectivity index (χ3n) is 1.73. The van der Waals surface area contributed by atoms with E-state index >= 15 is 0 Å². The van der Waals surface area contributed by atoms with Crippen LogP contribution in [-0.4, -0.2) is 59.4 Å². The maximum absolute atomic E-state index is 10.8. The van der Waals surface area contributed by atoms with Gasteiger partial charge in [-0.25, -0.2) is 4.79 Å². The van der Waals surface area contributed by atoms with Crippen molar-refractivity contribution in [1.29, 1.82) is 0 Å². The molecular weight excluding hydrogens is 276 g/mol. The van der Waals surface area contributed by atoms with Gasteiger partial charge in [0.2, 0.25) is 11.9 Å². The maximum Gasteiger partial charge on any atom is 0.327 e. The zero-order chi connectivity index (χ0) is 14.8. The molecule has 0 aliphatic carbocycles. The molecule has 9 nitrogen and oxygen atoms in total. The fraction of sp³-hybridized carbons (Fsp3) is 0.556. The minimum Gasteiger partial charge on any atom is -0.480 e. The van der Waals surface area contributed by atoms with Crippen molar-refractivity contribution in [1.82, 2.24) is 15.4 Å². The van der Waals surface area contributed by atoms with Crippen LogP contribution in [0.2, 0.25) is 0 Å². The number of amides is 1. The molecule has 0 saturated carbocycles. The fourth-order valence-electron chi connectivity index (χ4n) is 0.934. The lowest BCUT2D eigenvalue weighted by Crippen LogP contribution is -2.43. The lowest BCUT2D eigenvalue weighted by molar-refractivity contribution is -0.140. The molecule has 1 amide bonds. The smallest absolute Gasteiger partial charge is 0.327 e. The molecule has 0 aromatic carbocycles. The Bertz CT molecular complexity index is 374. The summed E-state index contributed by atoms with van der Waals surface area (Å²) in [7, 11) is 1.44. The summed E-state index contributed by atoms with van der Waals surface area (Å²) in [6, 6.07) is -1.03. The van der Waals surface area contributed by atoms with Gasteiger partial charge in [-0.15, -0.1) is 0 Å². The van der Waals surface area contributed by atoms with Crippen molar-refractivity contribution < 1.29 is 24.6 Å². The van der Waals surface area contributed by atoms with Gasteiger partial charge in [-0.3, -0.25) is 14.6 Å². The number of carbonyl (C=O) groups excluding carboxylic acids is 1. The Balaban J connectivity index is 4.12. The highest BCUT2D eigenvalue weighted by Crippen LogP contribution is 1.98. The highest BCUT2D eigenvalue weighted by Gasteiger charge is 2.18. The number of aliphatic imine (C=N–C) groups is 1. The second kappa shape index (κ2) is 9.03. The molecule has 19 heavy (non-hydrogen) atoms. The molecular formula is C9H16N4O5S. The summed E-state index contributed by atoms with van der Waals surface area (Å²) in [6.45, 7) is 0.912. The Morgan fingerprint density at radius 2 is 1.95 bits per heavy atom. The number of rotatable bonds is 7. The quantitative estimate of drug-likeness (QED) is 0.216. The van der Waals surface area contributed by atoms with E-state index in [0.717, 1.165) is 11.9 Å². The minimum atomic E-state index is -1.15. The number of hydrogen-bond acceptors (Lipinski definition) is 5. The highest BCUT2D eigenvalue weighted by atomic mass is 32.2. The van der Waals surface area contributed by atoms with E-state index in [0.29, 0.717) is 0 Å². The molecule has 0 spiro atoms. The number of guanidine groups is 1. The van der Waals surface area contributed by atoms with Crippen molar-refractivity contribution in [2.45, 2.75) is 13.0 Å². The number of aliphatic carboxylic acids is 2. The summed E-state index contributed by atoms with van der Waals surface area (Å²) in [5.41, 5.74) is 0. The molecule has 0 aliphatic rings. The monoisotopic (exact) mass is 292 g/mol. The maximum atomic E-state index is 10.8. The van der Waals surface area contributed by atoms with Gasteiger partial charge in [-0.05, 0) is 11.9 Å². The molecule has 1 atom stereocenters. The summed E-state index contributed by atoms with van der Waals surface area (Å²) in [4.78, 5) is 35.7. The van der Waals surface area contributed by atoms with Crippen LogP contribution in [0.15, 0.2) is 4.99 Å². The van der Waals surface area contributed by atoms with Crippen LogP contribution in [0.3, 0.4) is 0 Å². The van der Waals surface area contributed by atoms with Crippen LogP contribution < -0.4 is 15.4 Å². The molecule has 1 unspecified atom stereocenters. The molecule has 0 fully saturated rings. The molecule has 10 heteroatoms. The summed E-state index contributed by atoms with van der Waals surface area (Å²) in [5, 5.41) is 22.1. The first-order valence-corrected chi connectivity index (χ1v) is 6.15. The van der Waals surface area contributed by atoms with Crippen LogP contribution >= 0.6 is 11.9 Å². The molecule has 0 radical (unpaired) electrons. The van der Waals surface area contributed by atoms with Crippen LogP contribution in [0.25, 0.3) is 0 Å². The van der Waals surface area contributed by atoms with Gasteiger partial charge >= 0.3 is 11.9 Å². The van der Waals surface area contributed by atoms with E-state index in [2.05, 4.69) is 20.3 Å². The molecule has 0 heterocycles. The Hall–Kier alpha value is -1.97. The van der Waals surface area contributed by atoms with E-state index in [1.54, 1.807) is 0 Å². The van der Waals surface area contributed by atoms with E-state index in [-0.39, 0.29) is 18.3 Å². The van der Waals surface area contributed by atoms with Crippen molar-refractivity contribution >= 4 is 35.8 Å². The first kappa shape index (κ1) is 17.0. The predicted octanol–water partition coefficient (Wildman–Crippen LogP) is -1.53. The SMILES string of the molecule is CN=C(NCC(=O)O)NSCC(NC(C)=O)C(=O)O. The Morgan fingerprint density at radius 3 is 2.37 bits per heavy atom. The molecule has 0 aromatic rings. The predicted molar refractivity (Wildman–Crippen MR) is 69.8 cm³/mol. The summed E-state index contributed by atoms with van der Waals surface area (Å²) in [5.74, 6) is -2.38. The summed E-state index contributed by atoms with van der Waals surface area (Å²) < 4.78 is 2.66. The van der Waals surface area contributed by atoms with E-state index < -0.39 is 23.9 Å². The third-order valence-corrected chi connectivity index (χ3v) is 2.56. The van der Waals surface area contributed by atoms with Gasteiger partial charge in [0.25, 0.3) is 0 Å². The van der Waals surface area contributed by atoms with Crippen LogP contribution in [0, 0.1) is 0 Å². The van der Waals surface area contributed by atoms with Crippen molar-refractivity contribution in [3.63, 3.8) is 0 Å². The van der Waals surface area contributed by atoms with Crippen molar-refractivity contribution in [2.24, 2.45) is 4.99 Å². The number of nitrogens with zero attached hydrogens (tertiary/aromatic N) is 1. The normalized spacial score (nSPS) is 12.4. The van der Waals surface area contributed by atoms with Crippen LogP contribution in [0.1, 0.15) is 6.92 Å². The highest BCUT2D eigenvalue weighted by molar-refractivity contribution is 7.98. The number of carboxylic acid groups (broad SMARTS) is 2. The number of carboxylic acids is 2. The van der Waals surface area contributed by atoms with Crippen LogP contribution in [-0.2, 0) is 14.4 Å². The largest absolute Gasteiger partial charge is 0.480 e. The Morgan fingerprint density at radius 1 is 1.32 bits per heavy atom. The molecule has 108 valence electrons. The average molecular weight is 292 g/mol. The molecule has 0 rings (SSSR count). The number of carbonyl (C=O) groups is 3. The standard InChI is InChI=1S/C9H16N4O5S/c1-5(14)12-6(8(17)18)4-19-13-9(10-2)11-3-7(15)16/h6H,3-4H2,1-2H3,(H,12,14)(H,15,16)(H,17,18)(H2,10,11,13). The Kier molecular flexibility index (Phi) is 8.09. The van der Waals surface area contributed by atoms with Gasteiger partial charge in [0.05, 0.1) is 0 Å². The first-order valence-electron chi connectivity index (χ1n) is 5.17. The summed E-state index contributed by atoms with van der Waals surface area (Å²) >= 11 is 0.984. The van der Waals surface area contributed by atoms with Gasteiger partial charge in [0, 0.05) is 19.7 Å². The Labute approximate surface area is 114 Å². The van der Waals surface area contributed by atoms with Gasteiger partial charge < -0.3 is 25.6 Å². The zero-order valence-electron chi connectivity index (χ0n) is 10.5. The van der Waals surface area contributed by atoms with Crippen molar-refractivity contribution in [2.75, 3.05) is 19.3 Å².